The topological polar surface area (TPSA) is 47.5 Å². The largest absolute Gasteiger partial charge is 0.470 e. The Hall–Kier alpha value is -1.98. The van der Waals surface area contributed by atoms with Crippen LogP contribution in [0, 0.1) is 0 Å². The van der Waals surface area contributed by atoms with Gasteiger partial charge in [-0.05, 0) is 31.0 Å². The van der Waals surface area contributed by atoms with Crippen molar-refractivity contribution in [2.45, 2.75) is 37.6 Å². The lowest BCUT2D eigenvalue weighted by Gasteiger charge is -2.32. The molecule has 0 spiro atoms. The van der Waals surface area contributed by atoms with E-state index in [9.17, 15) is 0 Å². The van der Waals surface area contributed by atoms with Crippen molar-refractivity contribution in [1.82, 2.24) is 14.9 Å². The minimum atomic E-state index is 0.0268. The number of pyridine rings is 2. The van der Waals surface area contributed by atoms with Crippen molar-refractivity contribution in [2.24, 2.45) is 0 Å². The van der Waals surface area contributed by atoms with Crippen LogP contribution >= 0.6 is 0 Å². The molecule has 120 valence electrons. The van der Waals surface area contributed by atoms with E-state index in [-0.39, 0.29) is 12.2 Å². The molecule has 0 unspecified atom stereocenters. The fraction of sp³-hybridized carbons (Fsp3) is 0.444. The van der Waals surface area contributed by atoms with E-state index < -0.39 is 0 Å². The zero-order valence-corrected chi connectivity index (χ0v) is 13.0. The molecule has 5 nitrogen and oxygen atoms in total. The number of hydrogen-bond acceptors (Lipinski definition) is 5. The van der Waals surface area contributed by atoms with Crippen LogP contribution < -0.4 is 4.74 Å². The summed E-state index contributed by atoms with van der Waals surface area (Å²) in [4.78, 5) is 11.2. The number of fused-ring (bicyclic) bond motifs is 1. The van der Waals surface area contributed by atoms with Crippen LogP contribution in [0.4, 0.5) is 0 Å². The first-order valence-corrected chi connectivity index (χ1v) is 8.23. The first-order chi connectivity index (χ1) is 11.4. The summed E-state index contributed by atoms with van der Waals surface area (Å²) < 4.78 is 12.2. The Morgan fingerprint density at radius 3 is 2.78 bits per heavy atom. The lowest BCUT2D eigenvalue weighted by Crippen LogP contribution is -2.42. The van der Waals surface area contributed by atoms with Gasteiger partial charge in [-0.1, -0.05) is 12.1 Å². The van der Waals surface area contributed by atoms with Crippen molar-refractivity contribution in [3.63, 3.8) is 0 Å². The summed E-state index contributed by atoms with van der Waals surface area (Å²) in [6.45, 7) is 2.51. The maximum Gasteiger partial charge on any atom is 0.213 e. The molecule has 0 N–H and O–H groups in total. The maximum absolute atomic E-state index is 6.11. The Balaban J connectivity index is 1.50. The lowest BCUT2D eigenvalue weighted by molar-refractivity contribution is -0.0480. The Morgan fingerprint density at radius 2 is 2.00 bits per heavy atom. The molecule has 0 amide bonds. The molecule has 5 heteroatoms. The average molecular weight is 311 g/mol. The van der Waals surface area contributed by atoms with Gasteiger partial charge in [0.25, 0.3) is 0 Å². The summed E-state index contributed by atoms with van der Waals surface area (Å²) in [7, 11) is 0. The first kappa shape index (κ1) is 14.6. The molecule has 23 heavy (non-hydrogen) atoms. The van der Waals surface area contributed by atoms with Crippen LogP contribution in [0.5, 0.6) is 5.88 Å². The molecule has 3 atom stereocenters. The fourth-order valence-electron chi connectivity index (χ4n) is 3.56. The van der Waals surface area contributed by atoms with Crippen molar-refractivity contribution in [3.8, 4) is 5.88 Å². The molecule has 0 radical (unpaired) electrons. The van der Waals surface area contributed by atoms with Crippen LogP contribution in [-0.2, 0) is 11.3 Å². The molecular weight excluding hydrogens is 290 g/mol. The van der Waals surface area contributed by atoms with Gasteiger partial charge >= 0.3 is 0 Å². The highest BCUT2D eigenvalue weighted by molar-refractivity contribution is 5.12. The van der Waals surface area contributed by atoms with Crippen LogP contribution in [0.1, 0.15) is 18.5 Å². The van der Waals surface area contributed by atoms with Crippen LogP contribution in [0.25, 0.3) is 0 Å². The molecular formula is C18H21N3O2. The SMILES string of the molecule is c1ccc(CN2C[C@@H](Oc3ccccn3)[C@@H]3OCCC[C@@H]32)nc1. The van der Waals surface area contributed by atoms with Gasteiger partial charge in [0.05, 0.1) is 5.69 Å². The van der Waals surface area contributed by atoms with Gasteiger partial charge < -0.3 is 9.47 Å². The van der Waals surface area contributed by atoms with Gasteiger partial charge in [-0.3, -0.25) is 9.88 Å². The summed E-state index contributed by atoms with van der Waals surface area (Å²) in [5.41, 5.74) is 1.09. The van der Waals surface area contributed by atoms with Gasteiger partial charge in [-0.25, -0.2) is 4.98 Å². The van der Waals surface area contributed by atoms with E-state index in [4.69, 9.17) is 9.47 Å². The number of ether oxygens (including phenoxy) is 2. The second-order valence-electron chi connectivity index (χ2n) is 6.12. The van der Waals surface area contributed by atoms with Crippen LogP contribution in [0.3, 0.4) is 0 Å². The molecule has 2 aromatic rings. The molecule has 2 saturated heterocycles. The van der Waals surface area contributed by atoms with Gasteiger partial charge in [0.15, 0.2) is 0 Å². The quantitative estimate of drug-likeness (QED) is 0.867. The number of rotatable bonds is 4. The maximum atomic E-state index is 6.11. The minimum absolute atomic E-state index is 0.0268. The third-order valence-corrected chi connectivity index (χ3v) is 4.58. The summed E-state index contributed by atoms with van der Waals surface area (Å²) in [5, 5.41) is 0. The highest BCUT2D eigenvalue weighted by atomic mass is 16.5. The van der Waals surface area contributed by atoms with Crippen LogP contribution in [-0.4, -0.2) is 46.3 Å². The zero-order chi connectivity index (χ0) is 15.5. The lowest BCUT2D eigenvalue weighted by atomic mass is 10.0. The third kappa shape index (κ3) is 3.21. The summed E-state index contributed by atoms with van der Waals surface area (Å²) in [6, 6.07) is 12.2. The van der Waals surface area contributed by atoms with E-state index in [1.165, 1.54) is 0 Å². The molecule has 2 aromatic heterocycles. The summed E-state index contributed by atoms with van der Waals surface area (Å²) in [5.74, 6) is 0.671. The molecule has 2 fully saturated rings. The Morgan fingerprint density at radius 1 is 1.13 bits per heavy atom. The predicted octanol–water partition coefficient (Wildman–Crippen LogP) is 2.29. The smallest absolute Gasteiger partial charge is 0.213 e. The van der Waals surface area contributed by atoms with E-state index in [0.29, 0.717) is 11.9 Å². The van der Waals surface area contributed by atoms with E-state index >= 15 is 0 Å². The standard InChI is InChI=1S/C18H21N3O2/c1-3-9-19-14(6-1)12-21-13-16(18-15(21)7-5-11-22-18)23-17-8-2-4-10-20-17/h1-4,6,8-10,15-16,18H,5,7,11-13H2/t15-,16+,18+/m0/s1. The van der Waals surface area contributed by atoms with E-state index in [1.807, 2.05) is 36.5 Å². The van der Waals surface area contributed by atoms with E-state index in [2.05, 4.69) is 20.9 Å². The molecule has 2 aliphatic heterocycles. The molecule has 0 aliphatic carbocycles. The van der Waals surface area contributed by atoms with Crippen molar-refractivity contribution < 1.29 is 9.47 Å². The van der Waals surface area contributed by atoms with Crippen LogP contribution in [0.15, 0.2) is 48.8 Å². The summed E-state index contributed by atoms with van der Waals surface area (Å²) >= 11 is 0. The number of hydrogen-bond donors (Lipinski definition) is 0. The Labute approximate surface area is 136 Å². The Kier molecular flexibility index (Phi) is 4.22. The van der Waals surface area contributed by atoms with Crippen molar-refractivity contribution in [2.75, 3.05) is 13.2 Å². The number of likely N-dealkylation sites (tertiary alicyclic amines) is 1. The van der Waals surface area contributed by atoms with Crippen molar-refractivity contribution in [3.05, 3.63) is 54.5 Å². The van der Waals surface area contributed by atoms with Gasteiger partial charge in [0.1, 0.15) is 12.2 Å². The predicted molar refractivity (Wildman–Crippen MR) is 86.1 cm³/mol. The molecule has 0 saturated carbocycles. The molecule has 4 rings (SSSR count). The normalized spacial score (nSPS) is 27.6. The van der Waals surface area contributed by atoms with Gasteiger partial charge in [0.2, 0.25) is 5.88 Å². The third-order valence-electron chi connectivity index (χ3n) is 4.58. The van der Waals surface area contributed by atoms with Crippen LogP contribution in [0.2, 0.25) is 0 Å². The van der Waals surface area contributed by atoms with Gasteiger partial charge in [-0.2, -0.15) is 0 Å². The molecule has 0 bridgehead atoms. The summed E-state index contributed by atoms with van der Waals surface area (Å²) in [6.07, 6.45) is 6.01. The highest BCUT2D eigenvalue weighted by Crippen LogP contribution is 2.32. The van der Waals surface area contributed by atoms with Gasteiger partial charge in [-0.15, -0.1) is 0 Å². The first-order valence-electron chi connectivity index (χ1n) is 8.23. The average Bonchev–Trinajstić information content (AvgIpc) is 2.95. The van der Waals surface area contributed by atoms with Gasteiger partial charge in [0, 0.05) is 44.2 Å². The second kappa shape index (κ2) is 6.64. The zero-order valence-electron chi connectivity index (χ0n) is 13.0. The van der Waals surface area contributed by atoms with E-state index in [0.717, 1.165) is 38.2 Å². The Bertz CT molecular complexity index is 567. The second-order valence-corrected chi connectivity index (χ2v) is 6.12. The monoisotopic (exact) mass is 311 g/mol. The number of aromatic nitrogens is 2. The van der Waals surface area contributed by atoms with E-state index in [1.54, 1.807) is 6.20 Å². The fourth-order valence-corrected chi connectivity index (χ4v) is 3.56. The van der Waals surface area contributed by atoms with Crippen molar-refractivity contribution in [1.29, 1.82) is 0 Å². The molecule has 4 heterocycles. The number of nitrogens with zero attached hydrogens (tertiary/aromatic N) is 3. The van der Waals surface area contributed by atoms with Crippen molar-refractivity contribution >= 4 is 0 Å². The highest BCUT2D eigenvalue weighted by Gasteiger charge is 2.45. The molecule has 0 aromatic carbocycles. The minimum Gasteiger partial charge on any atom is -0.470 e. The molecule has 2 aliphatic rings.